The minimum absolute atomic E-state index is 0.0516. The third kappa shape index (κ3) is 5.19. The normalized spacial score (nSPS) is 10.1. The van der Waals surface area contributed by atoms with E-state index in [9.17, 15) is 4.79 Å². The Hall–Kier alpha value is -1.55. The number of benzene rings is 1. The number of hydrogen-bond donors (Lipinski definition) is 2. The predicted molar refractivity (Wildman–Crippen MR) is 72.8 cm³/mol. The Labute approximate surface area is 109 Å². The van der Waals surface area contributed by atoms with Crippen LogP contribution < -0.4 is 15.8 Å². The Morgan fingerprint density at radius 1 is 1.33 bits per heavy atom. The first-order chi connectivity index (χ1) is 8.77. The minimum atomic E-state index is -0.0516. The summed E-state index contributed by atoms with van der Waals surface area (Å²) in [5.41, 5.74) is 6.04. The van der Waals surface area contributed by atoms with Gasteiger partial charge in [-0.05, 0) is 44.5 Å². The molecule has 3 N–H and O–H groups in total. The van der Waals surface area contributed by atoms with Gasteiger partial charge in [-0.1, -0.05) is 12.5 Å². The summed E-state index contributed by atoms with van der Waals surface area (Å²) in [6, 6.07) is 7.23. The van der Waals surface area contributed by atoms with E-state index in [-0.39, 0.29) is 5.91 Å². The second kappa shape index (κ2) is 8.53. The van der Waals surface area contributed by atoms with E-state index in [2.05, 4.69) is 5.32 Å². The molecule has 0 unspecified atom stereocenters. The highest BCUT2D eigenvalue weighted by Crippen LogP contribution is 2.13. The van der Waals surface area contributed by atoms with Crippen LogP contribution in [0, 0.1) is 0 Å². The predicted octanol–water partition coefficient (Wildman–Crippen LogP) is 1.94. The summed E-state index contributed by atoms with van der Waals surface area (Å²) in [5.74, 6) is 0.678. The van der Waals surface area contributed by atoms with E-state index in [1.54, 1.807) is 12.1 Å². The number of amides is 1. The lowest BCUT2D eigenvalue weighted by Gasteiger charge is -2.07. The summed E-state index contributed by atoms with van der Waals surface area (Å²) in [4.78, 5) is 11.8. The van der Waals surface area contributed by atoms with Crippen molar-refractivity contribution in [2.75, 3.05) is 19.7 Å². The molecule has 0 spiro atoms. The molecule has 0 aliphatic heterocycles. The lowest BCUT2D eigenvalue weighted by Crippen LogP contribution is -2.24. The molecule has 0 aromatic heterocycles. The molecule has 0 atom stereocenters. The van der Waals surface area contributed by atoms with Gasteiger partial charge in [0.1, 0.15) is 5.75 Å². The summed E-state index contributed by atoms with van der Waals surface area (Å²) in [6.07, 6.45) is 3.03. The first-order valence-corrected chi connectivity index (χ1v) is 6.49. The zero-order valence-electron chi connectivity index (χ0n) is 10.9. The van der Waals surface area contributed by atoms with Crippen LogP contribution in [0.3, 0.4) is 0 Å². The van der Waals surface area contributed by atoms with Gasteiger partial charge in [0.15, 0.2) is 0 Å². The van der Waals surface area contributed by atoms with Gasteiger partial charge in [0.2, 0.25) is 0 Å². The van der Waals surface area contributed by atoms with Gasteiger partial charge in [-0.25, -0.2) is 0 Å². The summed E-state index contributed by atoms with van der Waals surface area (Å²) in [5, 5.41) is 2.89. The maximum atomic E-state index is 11.8. The van der Waals surface area contributed by atoms with Crippen LogP contribution in [0.4, 0.5) is 0 Å². The third-order valence-electron chi connectivity index (χ3n) is 2.57. The van der Waals surface area contributed by atoms with Crippen LogP contribution in [0.15, 0.2) is 24.3 Å². The van der Waals surface area contributed by atoms with Crippen molar-refractivity contribution in [2.45, 2.75) is 26.2 Å². The van der Waals surface area contributed by atoms with Gasteiger partial charge in [-0.15, -0.1) is 0 Å². The lowest BCUT2D eigenvalue weighted by molar-refractivity contribution is 0.0952. The van der Waals surface area contributed by atoms with Crippen LogP contribution in [0.5, 0.6) is 5.75 Å². The number of nitrogens with two attached hydrogens (primary N) is 1. The molecule has 0 fully saturated rings. The molecule has 100 valence electrons. The van der Waals surface area contributed by atoms with Crippen molar-refractivity contribution in [2.24, 2.45) is 5.73 Å². The number of carbonyl (C=O) groups excluding carboxylic acids is 1. The Balaban J connectivity index is 2.38. The number of unbranched alkanes of at least 4 members (excludes halogenated alkanes) is 2. The van der Waals surface area contributed by atoms with Crippen LogP contribution in [-0.2, 0) is 0 Å². The summed E-state index contributed by atoms with van der Waals surface area (Å²) < 4.78 is 5.36. The fourth-order valence-corrected chi connectivity index (χ4v) is 1.64. The van der Waals surface area contributed by atoms with Crippen LogP contribution in [0.25, 0.3) is 0 Å². The van der Waals surface area contributed by atoms with Crippen molar-refractivity contribution in [1.29, 1.82) is 0 Å². The molecule has 0 saturated heterocycles. The zero-order valence-corrected chi connectivity index (χ0v) is 10.9. The quantitative estimate of drug-likeness (QED) is 0.693. The highest BCUT2D eigenvalue weighted by Gasteiger charge is 2.05. The third-order valence-corrected chi connectivity index (χ3v) is 2.57. The maximum Gasteiger partial charge on any atom is 0.251 e. The van der Waals surface area contributed by atoms with Gasteiger partial charge in [0.25, 0.3) is 5.91 Å². The largest absolute Gasteiger partial charge is 0.494 e. The molecule has 0 heterocycles. The van der Waals surface area contributed by atoms with Gasteiger partial charge >= 0.3 is 0 Å². The second-order valence-corrected chi connectivity index (χ2v) is 4.07. The van der Waals surface area contributed by atoms with Crippen molar-refractivity contribution in [3.05, 3.63) is 29.8 Å². The van der Waals surface area contributed by atoms with Gasteiger partial charge in [-0.3, -0.25) is 4.79 Å². The summed E-state index contributed by atoms with van der Waals surface area (Å²) >= 11 is 0. The maximum absolute atomic E-state index is 11.8. The smallest absolute Gasteiger partial charge is 0.251 e. The van der Waals surface area contributed by atoms with E-state index >= 15 is 0 Å². The van der Waals surface area contributed by atoms with E-state index in [0.717, 1.165) is 25.0 Å². The molecule has 4 heteroatoms. The molecule has 1 aromatic rings. The van der Waals surface area contributed by atoms with Crippen molar-refractivity contribution in [3.8, 4) is 5.75 Å². The number of carbonyl (C=O) groups is 1. The second-order valence-electron chi connectivity index (χ2n) is 4.07. The minimum Gasteiger partial charge on any atom is -0.494 e. The van der Waals surface area contributed by atoms with Gasteiger partial charge < -0.3 is 15.8 Å². The standard InChI is InChI=1S/C14H22N2O2/c1-2-18-13-8-6-7-12(11-13)14(17)16-10-5-3-4-9-15/h6-8,11H,2-5,9-10,15H2,1H3,(H,16,17). The van der Waals surface area contributed by atoms with E-state index in [1.807, 2.05) is 19.1 Å². The van der Waals surface area contributed by atoms with Gasteiger partial charge in [0, 0.05) is 12.1 Å². The molecule has 0 radical (unpaired) electrons. The number of hydrogen-bond acceptors (Lipinski definition) is 3. The highest BCUT2D eigenvalue weighted by atomic mass is 16.5. The molecule has 1 rings (SSSR count). The Bertz CT molecular complexity index is 367. The molecule has 0 aliphatic rings. The first-order valence-electron chi connectivity index (χ1n) is 6.49. The highest BCUT2D eigenvalue weighted by molar-refractivity contribution is 5.94. The summed E-state index contributed by atoms with van der Waals surface area (Å²) in [7, 11) is 0. The van der Waals surface area contributed by atoms with Crippen LogP contribution in [-0.4, -0.2) is 25.6 Å². The lowest BCUT2D eigenvalue weighted by atomic mass is 10.2. The molecule has 0 aliphatic carbocycles. The fourth-order valence-electron chi connectivity index (χ4n) is 1.64. The Morgan fingerprint density at radius 3 is 2.89 bits per heavy atom. The van der Waals surface area contributed by atoms with Crippen molar-refractivity contribution in [1.82, 2.24) is 5.32 Å². The van der Waals surface area contributed by atoms with Crippen molar-refractivity contribution in [3.63, 3.8) is 0 Å². The molecule has 0 saturated carbocycles. The SMILES string of the molecule is CCOc1cccc(C(=O)NCCCCCN)c1. The first kappa shape index (κ1) is 14.5. The Morgan fingerprint density at radius 2 is 2.17 bits per heavy atom. The van der Waals surface area contributed by atoms with Crippen LogP contribution >= 0.6 is 0 Å². The summed E-state index contributed by atoms with van der Waals surface area (Å²) in [6.45, 7) is 3.93. The van der Waals surface area contributed by atoms with E-state index in [4.69, 9.17) is 10.5 Å². The molecular formula is C14H22N2O2. The average molecular weight is 250 g/mol. The molecule has 18 heavy (non-hydrogen) atoms. The topological polar surface area (TPSA) is 64.3 Å². The monoisotopic (exact) mass is 250 g/mol. The van der Waals surface area contributed by atoms with Crippen LogP contribution in [0.2, 0.25) is 0 Å². The number of ether oxygens (including phenoxy) is 1. The van der Waals surface area contributed by atoms with E-state index in [0.29, 0.717) is 25.3 Å². The molecular weight excluding hydrogens is 228 g/mol. The van der Waals surface area contributed by atoms with Gasteiger partial charge in [0.05, 0.1) is 6.61 Å². The molecule has 4 nitrogen and oxygen atoms in total. The van der Waals surface area contributed by atoms with Crippen molar-refractivity contribution >= 4 is 5.91 Å². The molecule has 1 aromatic carbocycles. The van der Waals surface area contributed by atoms with Gasteiger partial charge in [-0.2, -0.15) is 0 Å². The number of nitrogens with one attached hydrogen (secondary N) is 1. The molecule has 0 bridgehead atoms. The molecule has 1 amide bonds. The van der Waals surface area contributed by atoms with E-state index in [1.165, 1.54) is 0 Å². The van der Waals surface area contributed by atoms with Crippen molar-refractivity contribution < 1.29 is 9.53 Å². The fraction of sp³-hybridized carbons (Fsp3) is 0.500. The zero-order chi connectivity index (χ0) is 13.2. The van der Waals surface area contributed by atoms with E-state index < -0.39 is 0 Å². The average Bonchev–Trinajstić information content (AvgIpc) is 2.39. The van der Waals surface area contributed by atoms with Crippen LogP contribution in [0.1, 0.15) is 36.5 Å². The number of rotatable bonds is 8. The Kier molecular flexibility index (Phi) is 6.87.